The van der Waals surface area contributed by atoms with Gasteiger partial charge in [-0.25, -0.2) is 0 Å². The standard InChI is InChI=1S/C10H14O3/c1-3-11-9-6-5-7-10(8-9)13-12-4-2/h5-8H,3-4H2,1-2H3. The van der Waals surface area contributed by atoms with Crippen LogP contribution in [0.1, 0.15) is 13.8 Å². The molecule has 0 fully saturated rings. The van der Waals surface area contributed by atoms with Crippen molar-refractivity contribution in [3.05, 3.63) is 24.3 Å². The molecule has 0 aromatic heterocycles. The van der Waals surface area contributed by atoms with Gasteiger partial charge in [-0.05, 0) is 26.0 Å². The summed E-state index contributed by atoms with van der Waals surface area (Å²) in [6.45, 7) is 4.99. The molecule has 0 bridgehead atoms. The van der Waals surface area contributed by atoms with Gasteiger partial charge < -0.3 is 9.62 Å². The van der Waals surface area contributed by atoms with Gasteiger partial charge in [-0.2, -0.15) is 4.89 Å². The van der Waals surface area contributed by atoms with E-state index in [-0.39, 0.29) is 0 Å². The Hall–Kier alpha value is -1.22. The third-order valence-electron chi connectivity index (χ3n) is 1.39. The molecule has 0 aliphatic carbocycles. The zero-order valence-electron chi connectivity index (χ0n) is 7.95. The fraction of sp³-hybridized carbons (Fsp3) is 0.400. The second kappa shape index (κ2) is 5.43. The summed E-state index contributed by atoms with van der Waals surface area (Å²) >= 11 is 0. The molecule has 0 unspecified atom stereocenters. The van der Waals surface area contributed by atoms with Gasteiger partial charge in [0.1, 0.15) is 5.75 Å². The van der Waals surface area contributed by atoms with Crippen molar-refractivity contribution in [3.8, 4) is 11.5 Å². The summed E-state index contributed by atoms with van der Waals surface area (Å²) in [5.74, 6) is 1.45. The van der Waals surface area contributed by atoms with Crippen LogP contribution in [-0.2, 0) is 4.89 Å². The van der Waals surface area contributed by atoms with Crippen LogP contribution in [0, 0.1) is 0 Å². The summed E-state index contributed by atoms with van der Waals surface area (Å²) in [6, 6.07) is 7.35. The first-order valence-corrected chi connectivity index (χ1v) is 4.39. The molecule has 0 atom stereocenters. The molecule has 0 spiro atoms. The molecule has 3 heteroatoms. The molecule has 3 nitrogen and oxygen atoms in total. The van der Waals surface area contributed by atoms with Gasteiger partial charge in [-0.15, -0.1) is 0 Å². The lowest BCUT2D eigenvalue weighted by molar-refractivity contribution is -0.202. The van der Waals surface area contributed by atoms with Gasteiger partial charge in [0.2, 0.25) is 0 Å². The van der Waals surface area contributed by atoms with Crippen molar-refractivity contribution in [3.63, 3.8) is 0 Å². The van der Waals surface area contributed by atoms with Crippen LogP contribution < -0.4 is 9.62 Å². The van der Waals surface area contributed by atoms with E-state index in [9.17, 15) is 0 Å². The molecule has 72 valence electrons. The molecular weight excluding hydrogens is 168 g/mol. The van der Waals surface area contributed by atoms with Crippen LogP contribution in [0.4, 0.5) is 0 Å². The predicted octanol–water partition coefficient (Wildman–Crippen LogP) is 2.42. The molecule has 1 aromatic carbocycles. The molecule has 0 heterocycles. The maximum absolute atomic E-state index is 5.29. The first-order chi connectivity index (χ1) is 6.36. The van der Waals surface area contributed by atoms with Crippen LogP contribution in [0.3, 0.4) is 0 Å². The van der Waals surface area contributed by atoms with Crippen molar-refractivity contribution in [1.82, 2.24) is 0 Å². The number of benzene rings is 1. The maximum atomic E-state index is 5.29. The lowest BCUT2D eigenvalue weighted by Crippen LogP contribution is -1.96. The Balaban J connectivity index is 2.56. The smallest absolute Gasteiger partial charge is 0.169 e. The molecule has 0 aliphatic heterocycles. The van der Waals surface area contributed by atoms with E-state index in [0.717, 1.165) is 5.75 Å². The third kappa shape index (κ3) is 3.34. The Bertz CT molecular complexity index is 248. The van der Waals surface area contributed by atoms with Crippen molar-refractivity contribution in [2.75, 3.05) is 13.2 Å². The molecule has 13 heavy (non-hydrogen) atoms. The van der Waals surface area contributed by atoms with Crippen LogP contribution in [-0.4, -0.2) is 13.2 Å². The Morgan fingerprint density at radius 3 is 2.54 bits per heavy atom. The largest absolute Gasteiger partial charge is 0.494 e. The molecular formula is C10H14O3. The number of hydrogen-bond acceptors (Lipinski definition) is 3. The highest BCUT2D eigenvalue weighted by molar-refractivity contribution is 5.32. The second-order valence-electron chi connectivity index (χ2n) is 2.40. The molecule has 0 saturated carbocycles. The van der Waals surface area contributed by atoms with Gasteiger partial charge in [0, 0.05) is 6.07 Å². The first-order valence-electron chi connectivity index (χ1n) is 4.39. The molecule has 0 amide bonds. The maximum Gasteiger partial charge on any atom is 0.169 e. The van der Waals surface area contributed by atoms with E-state index in [1.54, 1.807) is 6.07 Å². The summed E-state index contributed by atoms with van der Waals surface area (Å²) < 4.78 is 5.29. The van der Waals surface area contributed by atoms with Crippen LogP contribution in [0.25, 0.3) is 0 Å². The Morgan fingerprint density at radius 1 is 1.08 bits per heavy atom. The van der Waals surface area contributed by atoms with Crippen LogP contribution in [0.15, 0.2) is 24.3 Å². The van der Waals surface area contributed by atoms with Gasteiger partial charge >= 0.3 is 0 Å². The average molecular weight is 182 g/mol. The fourth-order valence-corrected chi connectivity index (χ4v) is 0.909. The highest BCUT2D eigenvalue weighted by Crippen LogP contribution is 2.19. The zero-order valence-corrected chi connectivity index (χ0v) is 7.95. The zero-order chi connectivity index (χ0) is 9.52. The van der Waals surface area contributed by atoms with Crippen molar-refractivity contribution >= 4 is 0 Å². The number of ether oxygens (including phenoxy) is 1. The third-order valence-corrected chi connectivity index (χ3v) is 1.39. The van der Waals surface area contributed by atoms with Gasteiger partial charge in [-0.3, -0.25) is 0 Å². The summed E-state index contributed by atoms with van der Waals surface area (Å²) in [4.78, 5) is 9.76. The highest BCUT2D eigenvalue weighted by Gasteiger charge is 1.96. The minimum atomic E-state index is 0.527. The second-order valence-corrected chi connectivity index (χ2v) is 2.40. The number of rotatable bonds is 5. The van der Waals surface area contributed by atoms with E-state index in [2.05, 4.69) is 0 Å². The SMILES string of the molecule is CCOOc1cccc(OCC)c1. The monoisotopic (exact) mass is 182 g/mol. The quantitative estimate of drug-likeness (QED) is 0.517. The van der Waals surface area contributed by atoms with Crippen LogP contribution >= 0.6 is 0 Å². The van der Waals surface area contributed by atoms with Gasteiger partial charge in [-0.1, -0.05) is 6.07 Å². The Labute approximate surface area is 78.2 Å². The van der Waals surface area contributed by atoms with Gasteiger partial charge in [0.15, 0.2) is 5.75 Å². The van der Waals surface area contributed by atoms with E-state index in [0.29, 0.717) is 19.0 Å². The predicted molar refractivity (Wildman–Crippen MR) is 49.9 cm³/mol. The van der Waals surface area contributed by atoms with Gasteiger partial charge in [0.25, 0.3) is 0 Å². The Kier molecular flexibility index (Phi) is 4.12. The van der Waals surface area contributed by atoms with E-state index in [1.165, 1.54) is 0 Å². The molecule has 1 aromatic rings. The molecule has 0 saturated heterocycles. The van der Waals surface area contributed by atoms with Gasteiger partial charge in [0.05, 0.1) is 13.2 Å². The minimum Gasteiger partial charge on any atom is -0.494 e. The lowest BCUT2D eigenvalue weighted by atomic mass is 10.3. The topological polar surface area (TPSA) is 27.7 Å². The van der Waals surface area contributed by atoms with E-state index in [4.69, 9.17) is 14.5 Å². The number of hydrogen-bond donors (Lipinski definition) is 0. The minimum absolute atomic E-state index is 0.527. The molecule has 0 N–H and O–H groups in total. The van der Waals surface area contributed by atoms with Crippen molar-refractivity contribution in [1.29, 1.82) is 0 Å². The van der Waals surface area contributed by atoms with E-state index in [1.807, 2.05) is 32.0 Å². The highest BCUT2D eigenvalue weighted by atomic mass is 17.2. The molecule has 0 aliphatic rings. The fourth-order valence-electron chi connectivity index (χ4n) is 0.909. The summed E-state index contributed by atoms with van der Waals surface area (Å²) in [5, 5.41) is 0. The lowest BCUT2D eigenvalue weighted by Gasteiger charge is -2.05. The van der Waals surface area contributed by atoms with Crippen LogP contribution in [0.5, 0.6) is 11.5 Å². The van der Waals surface area contributed by atoms with Crippen molar-refractivity contribution in [2.24, 2.45) is 0 Å². The van der Waals surface area contributed by atoms with Crippen molar-refractivity contribution in [2.45, 2.75) is 13.8 Å². The summed E-state index contributed by atoms with van der Waals surface area (Å²) in [6.07, 6.45) is 0. The van der Waals surface area contributed by atoms with E-state index >= 15 is 0 Å². The summed E-state index contributed by atoms with van der Waals surface area (Å²) in [5.41, 5.74) is 0. The summed E-state index contributed by atoms with van der Waals surface area (Å²) in [7, 11) is 0. The first kappa shape index (κ1) is 9.86. The molecule has 1 rings (SSSR count). The average Bonchev–Trinajstić information content (AvgIpc) is 2.16. The normalized spacial score (nSPS) is 9.69. The van der Waals surface area contributed by atoms with Crippen molar-refractivity contribution < 1.29 is 14.5 Å². The van der Waals surface area contributed by atoms with E-state index < -0.39 is 0 Å². The Morgan fingerprint density at radius 2 is 1.85 bits per heavy atom. The van der Waals surface area contributed by atoms with Crippen LogP contribution in [0.2, 0.25) is 0 Å². The molecule has 0 radical (unpaired) electrons.